The molecule has 5 aromatic rings. The van der Waals surface area contributed by atoms with Crippen molar-refractivity contribution in [3.8, 4) is 28.2 Å². The lowest BCUT2D eigenvalue weighted by Crippen LogP contribution is -2.39. The Morgan fingerprint density at radius 1 is 0.949 bits per heavy atom. The number of aromatic nitrogens is 3. The zero-order valence-electron chi connectivity index (χ0n) is 20.7. The van der Waals surface area contributed by atoms with Crippen molar-refractivity contribution in [3.05, 3.63) is 130 Å². The maximum atomic E-state index is 12.9. The Bertz CT molecular complexity index is 1600. The smallest absolute Gasteiger partial charge is 0.251 e. The van der Waals surface area contributed by atoms with Crippen LogP contribution in [0.4, 0.5) is 0 Å². The average Bonchev–Trinajstić information content (AvgIpc) is 3.40. The van der Waals surface area contributed by atoms with Crippen LogP contribution in [-0.4, -0.2) is 33.4 Å². The van der Waals surface area contributed by atoms with Gasteiger partial charge in [0, 0.05) is 17.2 Å². The second-order valence-electron chi connectivity index (χ2n) is 9.00. The van der Waals surface area contributed by atoms with E-state index in [1.165, 1.54) is 12.4 Å². The Balaban J connectivity index is 1.44. The topological polar surface area (TPSA) is 94.1 Å². The Morgan fingerprint density at radius 3 is 2.41 bits per heavy atom. The quantitative estimate of drug-likeness (QED) is 0.195. The molecule has 1 atom stereocenters. The summed E-state index contributed by atoms with van der Waals surface area (Å²) in [5, 5.41) is 30.1. The predicted molar refractivity (Wildman–Crippen MR) is 152 cm³/mol. The highest BCUT2D eigenvalue weighted by Crippen LogP contribution is 2.31. The maximum Gasteiger partial charge on any atom is 0.251 e. The summed E-state index contributed by atoms with van der Waals surface area (Å²) in [6.07, 6.45) is 3.38. The lowest BCUT2D eigenvalue weighted by molar-refractivity contribution is -0.604. The minimum Gasteiger partial charge on any atom is -0.619 e. The Morgan fingerprint density at radius 2 is 1.72 bits per heavy atom. The van der Waals surface area contributed by atoms with Gasteiger partial charge in [-0.2, -0.15) is 9.83 Å². The molecule has 2 aromatic heterocycles. The van der Waals surface area contributed by atoms with E-state index < -0.39 is 6.04 Å². The van der Waals surface area contributed by atoms with Gasteiger partial charge in [-0.15, -0.1) is 0 Å². The number of halogens is 2. The number of carbonyl (C=O) groups is 1. The van der Waals surface area contributed by atoms with Crippen LogP contribution in [-0.2, 0) is 6.42 Å². The molecule has 0 saturated heterocycles. The third kappa shape index (κ3) is 6.12. The van der Waals surface area contributed by atoms with Gasteiger partial charge in [0.15, 0.2) is 12.4 Å². The third-order valence-corrected chi connectivity index (χ3v) is 6.99. The molecule has 3 aromatic carbocycles. The van der Waals surface area contributed by atoms with E-state index in [-0.39, 0.29) is 12.5 Å². The summed E-state index contributed by atoms with van der Waals surface area (Å²) < 4.78 is 2.44. The van der Waals surface area contributed by atoms with E-state index in [2.05, 4.69) is 5.32 Å². The Hall–Kier alpha value is -4.17. The number of nitrogens with one attached hydrogen (secondary N) is 1. The zero-order valence-corrected chi connectivity index (χ0v) is 22.2. The molecule has 0 fully saturated rings. The van der Waals surface area contributed by atoms with Crippen LogP contribution in [0.1, 0.15) is 15.9 Å². The van der Waals surface area contributed by atoms with Crippen LogP contribution in [0.5, 0.6) is 0 Å². The molecule has 0 aliphatic rings. The van der Waals surface area contributed by atoms with Crippen LogP contribution in [0.3, 0.4) is 0 Å². The fraction of sp³-hybridized carbons (Fsp3) is 0.100. The molecule has 0 unspecified atom stereocenters. The highest BCUT2D eigenvalue weighted by Gasteiger charge is 2.17. The summed E-state index contributed by atoms with van der Waals surface area (Å²) in [4.78, 5) is 12.9. The SMILES string of the molecule is O=C(N[C@H](CO)Cc1ccccc1)c1ccc(-c2cc(-c3ccc[n+]([O-])c3)nn2-c2ccc(Cl)c(Cl)c2)cc1. The molecule has 5 rings (SSSR count). The molecule has 2 N–H and O–H groups in total. The summed E-state index contributed by atoms with van der Waals surface area (Å²) in [5.74, 6) is -0.278. The van der Waals surface area contributed by atoms with Gasteiger partial charge in [-0.3, -0.25) is 4.79 Å². The van der Waals surface area contributed by atoms with E-state index >= 15 is 0 Å². The molecule has 196 valence electrons. The van der Waals surface area contributed by atoms with Crippen LogP contribution in [0.15, 0.2) is 103 Å². The first kappa shape index (κ1) is 26.4. The molecular formula is C30H24Cl2N4O3. The van der Waals surface area contributed by atoms with Crippen molar-refractivity contribution in [1.82, 2.24) is 15.1 Å². The minimum atomic E-state index is -0.409. The van der Waals surface area contributed by atoms with Crippen molar-refractivity contribution >= 4 is 29.1 Å². The number of hydrogen-bond donors (Lipinski definition) is 2. The number of aliphatic hydroxyl groups is 1. The van der Waals surface area contributed by atoms with E-state index in [9.17, 15) is 15.1 Å². The molecular weight excluding hydrogens is 535 g/mol. The standard InChI is InChI=1S/C30H24Cl2N4O3/c31-26-13-12-25(16-27(26)32)36-29(17-28(34-36)23-7-4-14-35(39)18-23)21-8-10-22(11-9-21)30(38)33-24(19-37)15-20-5-2-1-3-6-20/h1-14,16-18,24,37H,15,19H2,(H,33,38)/t24-/m0/s1. The molecule has 0 saturated carbocycles. The normalized spacial score (nSPS) is 11.8. The Kier molecular flexibility index (Phi) is 7.93. The van der Waals surface area contributed by atoms with Crippen LogP contribution >= 0.6 is 23.2 Å². The highest BCUT2D eigenvalue weighted by molar-refractivity contribution is 6.42. The van der Waals surface area contributed by atoms with E-state index in [1.54, 1.807) is 47.1 Å². The van der Waals surface area contributed by atoms with Crippen LogP contribution in [0.2, 0.25) is 10.0 Å². The summed E-state index contributed by atoms with van der Waals surface area (Å²) in [6.45, 7) is -0.173. The van der Waals surface area contributed by atoms with Crippen LogP contribution in [0.25, 0.3) is 28.2 Å². The lowest BCUT2D eigenvalue weighted by Gasteiger charge is -2.16. The van der Waals surface area contributed by atoms with Crippen LogP contribution in [0, 0.1) is 5.21 Å². The largest absolute Gasteiger partial charge is 0.619 e. The van der Waals surface area contributed by atoms with Crippen molar-refractivity contribution in [1.29, 1.82) is 0 Å². The second kappa shape index (κ2) is 11.7. The molecule has 0 bridgehead atoms. The number of carbonyl (C=O) groups excluding carboxylic acids is 1. The third-order valence-electron chi connectivity index (χ3n) is 6.25. The number of benzene rings is 3. The van der Waals surface area contributed by atoms with E-state index in [0.717, 1.165) is 21.6 Å². The molecule has 2 heterocycles. The number of aliphatic hydroxyl groups excluding tert-OH is 1. The summed E-state index contributed by atoms with van der Waals surface area (Å²) >= 11 is 12.4. The monoisotopic (exact) mass is 558 g/mol. The number of pyridine rings is 1. The molecule has 1 amide bonds. The first-order valence-electron chi connectivity index (χ1n) is 12.2. The molecule has 0 spiro atoms. The van der Waals surface area contributed by atoms with Gasteiger partial charge in [0.2, 0.25) is 0 Å². The number of amides is 1. The van der Waals surface area contributed by atoms with Crippen molar-refractivity contribution in [2.24, 2.45) is 0 Å². The second-order valence-corrected chi connectivity index (χ2v) is 9.81. The van der Waals surface area contributed by atoms with Crippen molar-refractivity contribution in [2.45, 2.75) is 12.5 Å². The first-order chi connectivity index (χ1) is 18.9. The van der Waals surface area contributed by atoms with Crippen molar-refractivity contribution in [3.63, 3.8) is 0 Å². The van der Waals surface area contributed by atoms with Crippen LogP contribution < -0.4 is 10.0 Å². The summed E-state index contributed by atoms with van der Waals surface area (Å²) in [7, 11) is 0. The number of rotatable bonds is 8. The minimum absolute atomic E-state index is 0.173. The molecule has 9 heteroatoms. The van der Waals surface area contributed by atoms with Gasteiger partial charge in [-0.25, -0.2) is 4.68 Å². The van der Waals surface area contributed by atoms with Gasteiger partial charge in [0.25, 0.3) is 5.91 Å². The van der Waals surface area contributed by atoms with E-state index in [4.69, 9.17) is 28.3 Å². The highest BCUT2D eigenvalue weighted by atomic mass is 35.5. The summed E-state index contributed by atoms with van der Waals surface area (Å²) in [5.41, 5.74) is 4.94. The zero-order chi connectivity index (χ0) is 27.4. The van der Waals surface area contributed by atoms with Gasteiger partial charge >= 0.3 is 0 Å². The van der Waals surface area contributed by atoms with Gasteiger partial charge < -0.3 is 15.6 Å². The van der Waals surface area contributed by atoms with E-state index in [1.807, 2.05) is 48.5 Å². The average molecular weight is 559 g/mol. The molecule has 7 nitrogen and oxygen atoms in total. The van der Waals surface area contributed by atoms with Gasteiger partial charge in [-0.05, 0) is 54.4 Å². The fourth-order valence-electron chi connectivity index (χ4n) is 4.27. The molecule has 0 aliphatic carbocycles. The van der Waals surface area contributed by atoms with Gasteiger partial charge in [0.05, 0.1) is 45.3 Å². The fourth-order valence-corrected chi connectivity index (χ4v) is 4.56. The Labute approximate surface area is 235 Å². The van der Waals surface area contributed by atoms with Crippen molar-refractivity contribution in [2.75, 3.05) is 6.61 Å². The molecule has 0 radical (unpaired) electrons. The van der Waals surface area contributed by atoms with Gasteiger partial charge in [-0.1, -0.05) is 65.7 Å². The molecule has 0 aliphatic heterocycles. The van der Waals surface area contributed by atoms with Crippen molar-refractivity contribution < 1.29 is 14.6 Å². The lowest BCUT2D eigenvalue weighted by atomic mass is 10.0. The maximum absolute atomic E-state index is 12.9. The number of hydrogen-bond acceptors (Lipinski definition) is 4. The van der Waals surface area contributed by atoms with Gasteiger partial charge in [0.1, 0.15) is 0 Å². The summed E-state index contributed by atoms with van der Waals surface area (Å²) in [6, 6.07) is 26.9. The molecule has 39 heavy (non-hydrogen) atoms. The van der Waals surface area contributed by atoms with E-state index in [0.29, 0.717) is 39.0 Å². The number of nitrogens with zero attached hydrogens (tertiary/aromatic N) is 3. The predicted octanol–water partition coefficient (Wildman–Crippen LogP) is 5.48. The first-order valence-corrected chi connectivity index (χ1v) is 13.0.